The van der Waals surface area contributed by atoms with E-state index in [1.165, 1.54) is 0 Å². The van der Waals surface area contributed by atoms with Gasteiger partial charge in [0, 0.05) is 18.6 Å². The van der Waals surface area contributed by atoms with E-state index in [2.05, 4.69) is 22.6 Å². The molecule has 0 spiro atoms. The number of carbonyl (C=O) groups is 4. The molecule has 28 heavy (non-hydrogen) atoms. The van der Waals surface area contributed by atoms with E-state index in [1.807, 2.05) is 0 Å². The van der Waals surface area contributed by atoms with Crippen LogP contribution in [-0.4, -0.2) is 71.2 Å². The second kappa shape index (κ2) is 14.4. The molecular formula is C18H26O10. The van der Waals surface area contributed by atoms with Crippen LogP contribution in [0.3, 0.4) is 0 Å². The van der Waals surface area contributed by atoms with Gasteiger partial charge in [0.1, 0.15) is 25.9 Å². The van der Waals surface area contributed by atoms with Gasteiger partial charge in [-0.05, 0) is 19.3 Å². The van der Waals surface area contributed by atoms with Crippen LogP contribution in [-0.2, 0) is 33.4 Å². The van der Waals surface area contributed by atoms with Crippen LogP contribution in [0.15, 0.2) is 25.3 Å². The maximum absolute atomic E-state index is 12.2. The summed E-state index contributed by atoms with van der Waals surface area (Å²) in [7, 11) is 0. The smallest absolute Gasteiger partial charge is 0.330 e. The average Bonchev–Trinajstić information content (AvgIpc) is 2.66. The fourth-order valence-corrected chi connectivity index (χ4v) is 2.05. The van der Waals surface area contributed by atoms with Crippen molar-refractivity contribution in [1.82, 2.24) is 0 Å². The molecule has 0 rings (SSSR count). The van der Waals surface area contributed by atoms with Crippen molar-refractivity contribution in [1.29, 1.82) is 0 Å². The standard InChI is InChI=1S/C18H26O10/c1-3-16(23)26-9-13(19)8-12(6-5-7-15(21)22)18(25)28-11-14(20)10-27-17(24)4-2/h3-4,12-14,19-20H,1-2,5-11H2,(H,21,22). The molecule has 3 unspecified atom stereocenters. The number of carboxylic acids is 1. The summed E-state index contributed by atoms with van der Waals surface area (Å²) in [6, 6.07) is 0. The summed E-state index contributed by atoms with van der Waals surface area (Å²) in [5, 5.41) is 28.3. The Labute approximate surface area is 162 Å². The van der Waals surface area contributed by atoms with E-state index in [-0.39, 0.29) is 32.3 Å². The number of rotatable bonds is 15. The van der Waals surface area contributed by atoms with Crippen molar-refractivity contribution in [2.45, 2.75) is 37.9 Å². The Morgan fingerprint density at radius 3 is 1.86 bits per heavy atom. The van der Waals surface area contributed by atoms with Crippen LogP contribution >= 0.6 is 0 Å². The van der Waals surface area contributed by atoms with Gasteiger partial charge in [0.15, 0.2) is 0 Å². The summed E-state index contributed by atoms with van der Waals surface area (Å²) in [5.74, 6) is -4.16. The second-order valence-corrected chi connectivity index (χ2v) is 5.82. The topological polar surface area (TPSA) is 157 Å². The van der Waals surface area contributed by atoms with E-state index in [0.29, 0.717) is 0 Å². The minimum absolute atomic E-state index is 0.110. The average molecular weight is 402 g/mol. The Kier molecular flexibility index (Phi) is 13.0. The van der Waals surface area contributed by atoms with Gasteiger partial charge in [-0.3, -0.25) is 9.59 Å². The number of aliphatic hydroxyl groups is 2. The van der Waals surface area contributed by atoms with E-state index in [1.54, 1.807) is 0 Å². The lowest BCUT2D eigenvalue weighted by Crippen LogP contribution is -2.30. The van der Waals surface area contributed by atoms with E-state index < -0.39 is 55.2 Å². The normalized spacial score (nSPS) is 13.5. The lowest BCUT2D eigenvalue weighted by molar-refractivity contribution is -0.156. The molecule has 0 saturated carbocycles. The van der Waals surface area contributed by atoms with E-state index in [4.69, 9.17) is 9.84 Å². The zero-order chi connectivity index (χ0) is 21.5. The largest absolute Gasteiger partial charge is 0.481 e. The van der Waals surface area contributed by atoms with Crippen LogP contribution in [0, 0.1) is 5.92 Å². The molecule has 10 heteroatoms. The number of carboxylic acid groups (broad SMARTS) is 1. The predicted molar refractivity (Wildman–Crippen MR) is 94.9 cm³/mol. The lowest BCUT2D eigenvalue weighted by atomic mass is 9.95. The van der Waals surface area contributed by atoms with Crippen LogP contribution in [0.1, 0.15) is 25.7 Å². The molecule has 3 atom stereocenters. The van der Waals surface area contributed by atoms with Gasteiger partial charge < -0.3 is 29.5 Å². The second-order valence-electron chi connectivity index (χ2n) is 5.82. The highest BCUT2D eigenvalue weighted by Gasteiger charge is 2.25. The van der Waals surface area contributed by atoms with E-state index >= 15 is 0 Å². The van der Waals surface area contributed by atoms with Crippen molar-refractivity contribution in [3.63, 3.8) is 0 Å². The minimum Gasteiger partial charge on any atom is -0.481 e. The minimum atomic E-state index is -1.26. The van der Waals surface area contributed by atoms with Crippen LogP contribution in [0.4, 0.5) is 0 Å². The van der Waals surface area contributed by atoms with Crippen molar-refractivity contribution in [3.05, 3.63) is 25.3 Å². The molecule has 0 aliphatic heterocycles. The summed E-state index contributed by atoms with van der Waals surface area (Å²) >= 11 is 0. The molecule has 0 aromatic carbocycles. The van der Waals surface area contributed by atoms with Gasteiger partial charge in [0.05, 0.1) is 12.0 Å². The molecule has 158 valence electrons. The van der Waals surface area contributed by atoms with Crippen molar-refractivity contribution in [2.75, 3.05) is 19.8 Å². The van der Waals surface area contributed by atoms with E-state index in [9.17, 15) is 29.4 Å². The first-order valence-electron chi connectivity index (χ1n) is 8.52. The zero-order valence-corrected chi connectivity index (χ0v) is 15.5. The van der Waals surface area contributed by atoms with Crippen molar-refractivity contribution in [3.8, 4) is 0 Å². The van der Waals surface area contributed by atoms with Gasteiger partial charge in [-0.2, -0.15) is 0 Å². The summed E-state index contributed by atoms with van der Waals surface area (Å²) in [6.45, 7) is 5.18. The predicted octanol–water partition coefficient (Wildman–Crippen LogP) is -0.0290. The molecule has 0 fully saturated rings. The van der Waals surface area contributed by atoms with Crippen LogP contribution < -0.4 is 0 Å². The number of aliphatic hydroxyl groups excluding tert-OH is 2. The van der Waals surface area contributed by atoms with Crippen molar-refractivity contribution < 1.29 is 48.7 Å². The molecule has 0 heterocycles. The molecule has 0 saturated heterocycles. The van der Waals surface area contributed by atoms with Gasteiger partial charge in [-0.1, -0.05) is 13.2 Å². The first-order chi connectivity index (χ1) is 13.2. The fraction of sp³-hybridized carbons (Fsp3) is 0.556. The molecule has 0 aromatic rings. The Morgan fingerprint density at radius 2 is 1.36 bits per heavy atom. The highest BCUT2D eigenvalue weighted by atomic mass is 16.6. The van der Waals surface area contributed by atoms with Crippen molar-refractivity contribution >= 4 is 23.9 Å². The number of aliphatic carboxylic acids is 1. The fourth-order valence-electron chi connectivity index (χ4n) is 2.05. The Hall–Kier alpha value is -2.72. The van der Waals surface area contributed by atoms with Crippen LogP contribution in [0.2, 0.25) is 0 Å². The molecule has 0 aliphatic rings. The highest BCUT2D eigenvalue weighted by molar-refractivity contribution is 5.81. The SMILES string of the molecule is C=CC(=O)OCC(O)COC(=O)C(CCCC(=O)O)CC(O)COC(=O)C=C. The zero-order valence-electron chi connectivity index (χ0n) is 15.5. The Bertz CT molecular complexity index is 557. The first-order valence-corrected chi connectivity index (χ1v) is 8.52. The molecular weight excluding hydrogens is 376 g/mol. The number of carbonyl (C=O) groups excluding carboxylic acids is 3. The molecule has 0 radical (unpaired) electrons. The lowest BCUT2D eigenvalue weighted by Gasteiger charge is -2.20. The molecule has 0 aliphatic carbocycles. The van der Waals surface area contributed by atoms with Gasteiger partial charge >= 0.3 is 23.9 Å². The highest BCUT2D eigenvalue weighted by Crippen LogP contribution is 2.18. The van der Waals surface area contributed by atoms with Crippen LogP contribution in [0.25, 0.3) is 0 Å². The monoisotopic (exact) mass is 402 g/mol. The first kappa shape index (κ1) is 25.3. The summed E-state index contributed by atoms with van der Waals surface area (Å²) in [4.78, 5) is 44.8. The molecule has 0 bridgehead atoms. The van der Waals surface area contributed by atoms with Gasteiger partial charge in [-0.25, -0.2) is 9.59 Å². The van der Waals surface area contributed by atoms with Crippen LogP contribution in [0.5, 0.6) is 0 Å². The van der Waals surface area contributed by atoms with Crippen molar-refractivity contribution in [2.24, 2.45) is 5.92 Å². The number of hydrogen-bond acceptors (Lipinski definition) is 9. The quantitative estimate of drug-likeness (QED) is 0.193. The van der Waals surface area contributed by atoms with Gasteiger partial charge in [-0.15, -0.1) is 0 Å². The van der Waals surface area contributed by atoms with Gasteiger partial charge in [0.2, 0.25) is 0 Å². The summed E-state index contributed by atoms with van der Waals surface area (Å²) in [5.41, 5.74) is 0. The molecule has 3 N–H and O–H groups in total. The number of ether oxygens (including phenoxy) is 3. The number of esters is 3. The van der Waals surface area contributed by atoms with E-state index in [0.717, 1.165) is 12.2 Å². The third kappa shape index (κ3) is 12.6. The summed E-state index contributed by atoms with van der Waals surface area (Å²) < 4.78 is 14.2. The maximum atomic E-state index is 12.2. The number of hydrogen-bond donors (Lipinski definition) is 3. The third-order valence-corrected chi connectivity index (χ3v) is 3.42. The molecule has 0 aromatic heterocycles. The Morgan fingerprint density at radius 1 is 0.857 bits per heavy atom. The molecule has 0 amide bonds. The summed E-state index contributed by atoms with van der Waals surface area (Å²) in [6.07, 6.45) is -0.636. The molecule has 10 nitrogen and oxygen atoms in total. The van der Waals surface area contributed by atoms with Gasteiger partial charge in [0.25, 0.3) is 0 Å². The third-order valence-electron chi connectivity index (χ3n) is 3.42. The Balaban J connectivity index is 4.61. The maximum Gasteiger partial charge on any atom is 0.330 e.